The van der Waals surface area contributed by atoms with Crippen LogP contribution in [0.15, 0.2) is 36.4 Å². The van der Waals surface area contributed by atoms with Crippen molar-refractivity contribution >= 4 is 17.3 Å². The highest BCUT2D eigenvalue weighted by atomic mass is 35.5. The standard InChI is InChI=1S/C15H15ClFNO/c1-2-11-7-14(3-4-15(11)16)19-9-10-5-12(17)8-13(18)6-10/h3-8H,2,9,18H2,1H3. The van der Waals surface area contributed by atoms with Crippen LogP contribution >= 0.6 is 11.6 Å². The molecule has 4 heteroatoms. The van der Waals surface area contributed by atoms with Crippen molar-refractivity contribution in [2.45, 2.75) is 20.0 Å². The summed E-state index contributed by atoms with van der Waals surface area (Å²) in [6.45, 7) is 2.30. The summed E-state index contributed by atoms with van der Waals surface area (Å²) in [6.07, 6.45) is 0.836. The van der Waals surface area contributed by atoms with Crippen molar-refractivity contribution in [3.63, 3.8) is 0 Å². The average Bonchev–Trinajstić information content (AvgIpc) is 2.36. The highest BCUT2D eigenvalue weighted by Crippen LogP contribution is 2.23. The van der Waals surface area contributed by atoms with Crippen LogP contribution in [0.2, 0.25) is 5.02 Å². The smallest absolute Gasteiger partial charge is 0.125 e. The van der Waals surface area contributed by atoms with E-state index >= 15 is 0 Å². The topological polar surface area (TPSA) is 35.2 Å². The molecule has 2 aromatic carbocycles. The normalized spacial score (nSPS) is 10.5. The minimum absolute atomic E-state index is 0.271. The Labute approximate surface area is 117 Å². The molecular formula is C15H15ClFNO. The first-order valence-corrected chi connectivity index (χ1v) is 6.42. The van der Waals surface area contributed by atoms with Crippen molar-refractivity contribution in [3.05, 3.63) is 58.4 Å². The molecule has 0 heterocycles. The summed E-state index contributed by atoms with van der Waals surface area (Å²) in [4.78, 5) is 0. The van der Waals surface area contributed by atoms with Crippen molar-refractivity contribution in [2.24, 2.45) is 0 Å². The van der Waals surface area contributed by atoms with E-state index in [0.717, 1.165) is 17.0 Å². The van der Waals surface area contributed by atoms with Gasteiger partial charge >= 0.3 is 0 Å². The van der Waals surface area contributed by atoms with Gasteiger partial charge in [0.05, 0.1) is 0 Å². The lowest BCUT2D eigenvalue weighted by atomic mass is 10.1. The molecule has 2 rings (SSSR count). The Morgan fingerprint density at radius 1 is 1.21 bits per heavy atom. The molecule has 0 aliphatic rings. The van der Waals surface area contributed by atoms with Crippen molar-refractivity contribution in [3.8, 4) is 5.75 Å². The lowest BCUT2D eigenvalue weighted by molar-refractivity contribution is 0.305. The molecule has 0 aliphatic carbocycles. The van der Waals surface area contributed by atoms with Gasteiger partial charge in [-0.25, -0.2) is 4.39 Å². The number of anilines is 1. The Hall–Kier alpha value is -1.74. The molecule has 0 amide bonds. The summed E-state index contributed by atoms with van der Waals surface area (Å²) in [6, 6.07) is 9.87. The summed E-state index contributed by atoms with van der Waals surface area (Å²) in [7, 11) is 0. The maximum Gasteiger partial charge on any atom is 0.125 e. The predicted molar refractivity (Wildman–Crippen MR) is 76.0 cm³/mol. The number of nitrogen functional groups attached to an aromatic ring is 1. The largest absolute Gasteiger partial charge is 0.489 e. The molecule has 2 aromatic rings. The third-order valence-corrected chi connectivity index (χ3v) is 3.15. The fraction of sp³-hybridized carbons (Fsp3) is 0.200. The molecule has 0 unspecified atom stereocenters. The van der Waals surface area contributed by atoms with Crippen LogP contribution in [0.25, 0.3) is 0 Å². The lowest BCUT2D eigenvalue weighted by Gasteiger charge is -2.09. The molecule has 0 aromatic heterocycles. The van der Waals surface area contributed by atoms with E-state index in [1.54, 1.807) is 18.2 Å². The summed E-state index contributed by atoms with van der Waals surface area (Å²) in [5.74, 6) is 0.355. The molecule has 19 heavy (non-hydrogen) atoms. The van der Waals surface area contributed by atoms with Crippen LogP contribution in [0.4, 0.5) is 10.1 Å². The fourth-order valence-corrected chi connectivity index (χ4v) is 2.09. The third kappa shape index (κ3) is 3.61. The minimum Gasteiger partial charge on any atom is -0.489 e. The Morgan fingerprint density at radius 3 is 2.68 bits per heavy atom. The second kappa shape index (κ2) is 5.93. The summed E-state index contributed by atoms with van der Waals surface area (Å²) in [5.41, 5.74) is 7.70. The second-order valence-corrected chi connectivity index (χ2v) is 4.70. The van der Waals surface area contributed by atoms with Crippen molar-refractivity contribution < 1.29 is 9.13 Å². The number of rotatable bonds is 4. The van der Waals surface area contributed by atoms with Crippen molar-refractivity contribution in [2.75, 3.05) is 5.73 Å². The molecule has 0 saturated carbocycles. The van der Waals surface area contributed by atoms with E-state index in [2.05, 4.69) is 0 Å². The SMILES string of the molecule is CCc1cc(OCc2cc(N)cc(F)c2)ccc1Cl. The number of hydrogen-bond donors (Lipinski definition) is 1. The molecular weight excluding hydrogens is 265 g/mol. The van der Waals surface area contributed by atoms with Gasteiger partial charge in [-0.1, -0.05) is 18.5 Å². The van der Waals surface area contributed by atoms with E-state index in [1.165, 1.54) is 12.1 Å². The third-order valence-electron chi connectivity index (χ3n) is 2.78. The number of aryl methyl sites for hydroxylation is 1. The predicted octanol–water partition coefficient (Wildman–Crippen LogP) is 4.20. The van der Waals surface area contributed by atoms with Gasteiger partial charge in [-0.3, -0.25) is 0 Å². The van der Waals surface area contributed by atoms with Gasteiger partial charge in [0, 0.05) is 10.7 Å². The van der Waals surface area contributed by atoms with Gasteiger partial charge in [-0.05, 0) is 53.9 Å². The van der Waals surface area contributed by atoms with Crippen LogP contribution in [-0.2, 0) is 13.0 Å². The van der Waals surface area contributed by atoms with Crippen LogP contribution in [0.3, 0.4) is 0 Å². The first-order valence-electron chi connectivity index (χ1n) is 6.04. The Bertz CT molecular complexity index is 566. The second-order valence-electron chi connectivity index (χ2n) is 4.29. The summed E-state index contributed by atoms with van der Waals surface area (Å²) in [5, 5.41) is 0.727. The molecule has 0 saturated heterocycles. The van der Waals surface area contributed by atoms with E-state index in [0.29, 0.717) is 17.0 Å². The van der Waals surface area contributed by atoms with Gasteiger partial charge < -0.3 is 10.5 Å². The van der Waals surface area contributed by atoms with Crippen molar-refractivity contribution in [1.82, 2.24) is 0 Å². The molecule has 2 N–H and O–H groups in total. The number of halogens is 2. The number of ether oxygens (including phenoxy) is 1. The van der Waals surface area contributed by atoms with Gasteiger partial charge in [-0.2, -0.15) is 0 Å². The van der Waals surface area contributed by atoms with Crippen molar-refractivity contribution in [1.29, 1.82) is 0 Å². The fourth-order valence-electron chi connectivity index (χ4n) is 1.84. The Balaban J connectivity index is 2.10. The van der Waals surface area contributed by atoms with E-state index in [-0.39, 0.29) is 12.4 Å². The molecule has 0 radical (unpaired) electrons. The molecule has 2 nitrogen and oxygen atoms in total. The zero-order valence-corrected chi connectivity index (χ0v) is 11.4. The lowest BCUT2D eigenvalue weighted by Crippen LogP contribution is -1.98. The van der Waals surface area contributed by atoms with Crippen LogP contribution in [0, 0.1) is 5.82 Å². The quantitative estimate of drug-likeness (QED) is 0.851. The highest BCUT2D eigenvalue weighted by Gasteiger charge is 2.03. The zero-order chi connectivity index (χ0) is 13.8. The van der Waals surface area contributed by atoms with Crippen LogP contribution in [0.5, 0.6) is 5.75 Å². The van der Waals surface area contributed by atoms with Crippen LogP contribution < -0.4 is 10.5 Å². The molecule has 0 spiro atoms. The Kier molecular flexibility index (Phi) is 4.27. The van der Waals surface area contributed by atoms with E-state index in [4.69, 9.17) is 22.1 Å². The molecule has 0 atom stereocenters. The van der Waals surface area contributed by atoms with E-state index in [9.17, 15) is 4.39 Å². The molecule has 0 bridgehead atoms. The molecule has 0 aliphatic heterocycles. The maximum absolute atomic E-state index is 13.2. The summed E-state index contributed by atoms with van der Waals surface area (Å²) < 4.78 is 18.8. The van der Waals surface area contributed by atoms with E-state index in [1.807, 2.05) is 13.0 Å². The van der Waals surface area contributed by atoms with Crippen LogP contribution in [-0.4, -0.2) is 0 Å². The number of benzene rings is 2. The first-order chi connectivity index (χ1) is 9.08. The number of nitrogens with two attached hydrogens (primary N) is 1. The number of hydrogen-bond acceptors (Lipinski definition) is 2. The maximum atomic E-state index is 13.2. The van der Waals surface area contributed by atoms with Gasteiger partial charge in [0.15, 0.2) is 0 Å². The monoisotopic (exact) mass is 279 g/mol. The summed E-state index contributed by atoms with van der Waals surface area (Å²) >= 11 is 6.03. The first kappa shape index (κ1) is 13.7. The van der Waals surface area contributed by atoms with Gasteiger partial charge in [-0.15, -0.1) is 0 Å². The average molecular weight is 280 g/mol. The van der Waals surface area contributed by atoms with Gasteiger partial charge in [0.2, 0.25) is 0 Å². The zero-order valence-electron chi connectivity index (χ0n) is 10.6. The molecule has 0 fully saturated rings. The van der Waals surface area contributed by atoms with Gasteiger partial charge in [0.25, 0.3) is 0 Å². The molecule has 100 valence electrons. The minimum atomic E-state index is -0.357. The Morgan fingerprint density at radius 2 is 2.00 bits per heavy atom. The highest BCUT2D eigenvalue weighted by molar-refractivity contribution is 6.31. The van der Waals surface area contributed by atoms with E-state index < -0.39 is 0 Å². The van der Waals surface area contributed by atoms with Gasteiger partial charge in [0.1, 0.15) is 18.2 Å². The van der Waals surface area contributed by atoms with Crippen LogP contribution in [0.1, 0.15) is 18.1 Å².